The zero-order chi connectivity index (χ0) is 19.1. The molecule has 27 heavy (non-hydrogen) atoms. The Kier molecular flexibility index (Phi) is 4.42. The van der Waals surface area contributed by atoms with Crippen LogP contribution in [0.4, 0.5) is 0 Å². The molecule has 0 aliphatic carbocycles. The molecule has 2 saturated heterocycles. The van der Waals surface area contributed by atoms with Gasteiger partial charge in [0.25, 0.3) is 5.91 Å². The highest BCUT2D eigenvalue weighted by atomic mass is 32.2. The van der Waals surface area contributed by atoms with Gasteiger partial charge in [0.05, 0.1) is 12.4 Å². The minimum atomic E-state index is -3.25. The van der Waals surface area contributed by atoms with Crippen molar-refractivity contribution >= 4 is 15.7 Å². The summed E-state index contributed by atoms with van der Waals surface area (Å²) in [6, 6.07) is 12.8. The summed E-state index contributed by atoms with van der Waals surface area (Å²) < 4.78 is 30.3. The van der Waals surface area contributed by atoms with Gasteiger partial charge in [0.1, 0.15) is 4.75 Å². The Bertz CT molecular complexity index is 953. The van der Waals surface area contributed by atoms with Crippen molar-refractivity contribution < 1.29 is 17.9 Å². The van der Waals surface area contributed by atoms with Crippen LogP contribution in [0, 0.1) is 12.8 Å². The molecule has 7 heteroatoms. The highest BCUT2D eigenvalue weighted by molar-refractivity contribution is 7.93. The summed E-state index contributed by atoms with van der Waals surface area (Å²) in [5, 5.41) is 0. The second-order valence-electron chi connectivity index (χ2n) is 7.38. The van der Waals surface area contributed by atoms with Crippen LogP contribution in [-0.2, 0) is 9.84 Å². The number of hydrogen-bond donors (Lipinski definition) is 0. The molecule has 0 N–H and O–H groups in total. The summed E-state index contributed by atoms with van der Waals surface area (Å²) in [6.45, 7) is 2.69. The van der Waals surface area contributed by atoms with Crippen LogP contribution in [0.15, 0.2) is 48.7 Å². The Balaban J connectivity index is 1.48. The van der Waals surface area contributed by atoms with E-state index in [1.807, 2.05) is 31.2 Å². The van der Waals surface area contributed by atoms with Crippen LogP contribution in [-0.4, -0.2) is 54.4 Å². The first-order valence-electron chi connectivity index (χ1n) is 9.03. The van der Waals surface area contributed by atoms with Gasteiger partial charge in [-0.1, -0.05) is 23.8 Å². The molecule has 3 heterocycles. The lowest BCUT2D eigenvalue weighted by Gasteiger charge is -2.49. The molecule has 0 bridgehead atoms. The topological polar surface area (TPSA) is 76.6 Å². The molecular formula is C20H22N2O4S. The van der Waals surface area contributed by atoms with Crippen molar-refractivity contribution in [2.24, 2.45) is 5.92 Å². The third kappa shape index (κ3) is 3.10. The van der Waals surface area contributed by atoms with E-state index >= 15 is 0 Å². The Morgan fingerprint density at radius 3 is 2.78 bits per heavy atom. The maximum atomic E-state index is 12.7. The first kappa shape index (κ1) is 18.0. The van der Waals surface area contributed by atoms with Crippen molar-refractivity contribution in [2.45, 2.75) is 18.1 Å². The molecule has 1 aromatic carbocycles. The molecule has 4 rings (SSSR count). The van der Waals surface area contributed by atoms with E-state index in [1.165, 1.54) is 0 Å². The molecule has 1 atom stereocenters. The Labute approximate surface area is 159 Å². The second-order valence-corrected chi connectivity index (χ2v) is 9.83. The van der Waals surface area contributed by atoms with Gasteiger partial charge in [-0.25, -0.2) is 13.4 Å². The summed E-state index contributed by atoms with van der Waals surface area (Å²) >= 11 is 0. The van der Waals surface area contributed by atoms with Gasteiger partial charge in [-0.3, -0.25) is 4.79 Å². The van der Waals surface area contributed by atoms with Crippen LogP contribution in [0.25, 0.3) is 0 Å². The maximum Gasteiger partial charge on any atom is 0.253 e. The number of sulfone groups is 1. The van der Waals surface area contributed by atoms with Gasteiger partial charge >= 0.3 is 0 Å². The number of pyridine rings is 1. The highest BCUT2D eigenvalue weighted by Gasteiger charge is 2.62. The Hall–Kier alpha value is -2.41. The predicted molar refractivity (Wildman–Crippen MR) is 101 cm³/mol. The molecule has 0 unspecified atom stereocenters. The standard InChI is InChI=1S/C20H22N2O4S/c1-15-5-4-6-16(11-15)19(23)22-13-20(14-22)17(8-10-27(20,24)25)12-26-18-7-2-3-9-21-18/h2-7,9,11,17H,8,10,12-14H2,1H3/t17-/m1/s1. The van der Waals surface area contributed by atoms with E-state index in [0.717, 1.165) is 5.56 Å². The monoisotopic (exact) mass is 386 g/mol. The fourth-order valence-corrected chi connectivity index (χ4v) is 6.43. The molecule has 2 aliphatic heterocycles. The molecule has 6 nitrogen and oxygen atoms in total. The van der Waals surface area contributed by atoms with Crippen LogP contribution < -0.4 is 4.74 Å². The molecule has 0 saturated carbocycles. The van der Waals surface area contributed by atoms with Gasteiger partial charge in [-0.05, 0) is 31.5 Å². The largest absolute Gasteiger partial charge is 0.477 e. The number of nitrogens with zero attached hydrogens (tertiary/aromatic N) is 2. The van der Waals surface area contributed by atoms with E-state index in [1.54, 1.807) is 29.3 Å². The maximum absolute atomic E-state index is 12.7. The number of rotatable bonds is 4. The van der Waals surface area contributed by atoms with Gasteiger partial charge in [-0.15, -0.1) is 0 Å². The molecule has 0 radical (unpaired) electrons. The SMILES string of the molecule is Cc1cccc(C(=O)N2CC3(C2)[C@@H](COc2ccccn2)CCS3(=O)=O)c1. The molecule has 1 aromatic heterocycles. The number of amides is 1. The van der Waals surface area contributed by atoms with Crippen molar-refractivity contribution in [3.63, 3.8) is 0 Å². The average molecular weight is 386 g/mol. The molecular weight excluding hydrogens is 364 g/mol. The number of hydrogen-bond acceptors (Lipinski definition) is 5. The molecule has 1 amide bonds. The fourth-order valence-electron chi connectivity index (χ4n) is 4.03. The number of ether oxygens (including phenoxy) is 1. The van der Waals surface area contributed by atoms with Gasteiger partial charge < -0.3 is 9.64 Å². The zero-order valence-electron chi connectivity index (χ0n) is 15.2. The van der Waals surface area contributed by atoms with Crippen LogP contribution in [0.1, 0.15) is 22.3 Å². The zero-order valence-corrected chi connectivity index (χ0v) is 16.0. The van der Waals surface area contributed by atoms with Gasteiger partial charge in [0, 0.05) is 36.8 Å². The Morgan fingerprint density at radius 1 is 1.26 bits per heavy atom. The molecule has 2 fully saturated rings. The first-order valence-corrected chi connectivity index (χ1v) is 10.7. The number of carbonyl (C=O) groups excluding carboxylic acids is 1. The molecule has 142 valence electrons. The second kappa shape index (κ2) is 6.64. The lowest BCUT2D eigenvalue weighted by atomic mass is 9.83. The summed E-state index contributed by atoms with van der Waals surface area (Å²) in [7, 11) is -3.25. The Morgan fingerprint density at radius 2 is 2.07 bits per heavy atom. The van der Waals surface area contributed by atoms with E-state index in [2.05, 4.69) is 4.98 Å². The van der Waals surface area contributed by atoms with Gasteiger partial charge in [0.2, 0.25) is 5.88 Å². The number of aryl methyl sites for hydroxylation is 1. The van der Waals surface area contributed by atoms with Crippen molar-refractivity contribution in [1.29, 1.82) is 0 Å². The number of carbonyl (C=O) groups is 1. The average Bonchev–Trinajstić information content (AvgIpc) is 2.89. The first-order chi connectivity index (χ1) is 12.9. The summed E-state index contributed by atoms with van der Waals surface area (Å²) in [6.07, 6.45) is 2.20. The van der Waals surface area contributed by atoms with Crippen LogP contribution in [0.2, 0.25) is 0 Å². The van der Waals surface area contributed by atoms with Crippen molar-refractivity contribution in [3.05, 3.63) is 59.8 Å². The van der Waals surface area contributed by atoms with E-state index in [4.69, 9.17) is 4.74 Å². The van der Waals surface area contributed by atoms with Crippen LogP contribution in [0.3, 0.4) is 0 Å². The van der Waals surface area contributed by atoms with Crippen molar-refractivity contribution in [2.75, 3.05) is 25.4 Å². The lowest BCUT2D eigenvalue weighted by molar-refractivity contribution is 0.0407. The molecule has 2 aliphatic rings. The summed E-state index contributed by atoms with van der Waals surface area (Å²) in [4.78, 5) is 18.5. The predicted octanol–water partition coefficient (Wildman–Crippen LogP) is 2.10. The fraction of sp³-hybridized carbons (Fsp3) is 0.400. The third-order valence-corrected chi connectivity index (χ3v) is 8.24. The lowest BCUT2D eigenvalue weighted by Crippen LogP contribution is -2.68. The van der Waals surface area contributed by atoms with E-state index in [-0.39, 0.29) is 30.7 Å². The smallest absolute Gasteiger partial charge is 0.253 e. The number of aromatic nitrogens is 1. The number of benzene rings is 1. The number of likely N-dealkylation sites (tertiary alicyclic amines) is 1. The molecule has 1 spiro atoms. The highest BCUT2D eigenvalue weighted by Crippen LogP contribution is 2.45. The van der Waals surface area contributed by atoms with E-state index in [9.17, 15) is 13.2 Å². The van der Waals surface area contributed by atoms with E-state index < -0.39 is 14.6 Å². The quantitative estimate of drug-likeness (QED) is 0.804. The summed E-state index contributed by atoms with van der Waals surface area (Å²) in [5.74, 6) is 0.390. The minimum Gasteiger partial charge on any atom is -0.477 e. The van der Waals surface area contributed by atoms with Crippen molar-refractivity contribution in [1.82, 2.24) is 9.88 Å². The van der Waals surface area contributed by atoms with E-state index in [0.29, 0.717) is 24.5 Å². The third-order valence-electron chi connectivity index (χ3n) is 5.64. The normalized spacial score (nSPS) is 22.4. The van der Waals surface area contributed by atoms with Gasteiger partial charge in [0.15, 0.2) is 9.84 Å². The molecule has 2 aromatic rings. The van der Waals surface area contributed by atoms with Crippen LogP contribution in [0.5, 0.6) is 5.88 Å². The minimum absolute atomic E-state index is 0.115. The van der Waals surface area contributed by atoms with Crippen molar-refractivity contribution in [3.8, 4) is 5.88 Å². The van der Waals surface area contributed by atoms with Crippen LogP contribution >= 0.6 is 0 Å². The van der Waals surface area contributed by atoms with Gasteiger partial charge in [-0.2, -0.15) is 0 Å². The summed E-state index contributed by atoms with van der Waals surface area (Å²) in [5.41, 5.74) is 1.60.